The van der Waals surface area contributed by atoms with Gasteiger partial charge in [0, 0.05) is 32.3 Å². The molecule has 6 heteroatoms. The van der Waals surface area contributed by atoms with Crippen LogP contribution in [-0.2, 0) is 9.53 Å². The smallest absolute Gasteiger partial charge is 0.244 e. The number of nitrogens with one attached hydrogen (secondary N) is 1. The standard InChI is InChI=1S/C16H24N2O4/c1-13-3-4-14(22-13)5-6-15(19)17-11-16(2,20)12-18-7-9-21-10-8-18/h3-6,20H,7-12H2,1-2H3,(H,17,19). The van der Waals surface area contributed by atoms with Gasteiger partial charge in [-0.3, -0.25) is 9.69 Å². The first-order chi connectivity index (χ1) is 10.4. The second kappa shape index (κ2) is 7.58. The normalized spacial score (nSPS) is 19.2. The van der Waals surface area contributed by atoms with Crippen molar-refractivity contribution >= 4 is 12.0 Å². The average Bonchev–Trinajstić information content (AvgIpc) is 2.89. The maximum Gasteiger partial charge on any atom is 0.244 e. The molecule has 1 aromatic heterocycles. The van der Waals surface area contributed by atoms with Crippen LogP contribution < -0.4 is 5.32 Å². The number of furan rings is 1. The Bertz CT molecular complexity index is 516. The van der Waals surface area contributed by atoms with Crippen LogP contribution in [0.25, 0.3) is 6.08 Å². The molecular formula is C16H24N2O4. The van der Waals surface area contributed by atoms with Crippen LogP contribution in [0.2, 0.25) is 0 Å². The van der Waals surface area contributed by atoms with E-state index >= 15 is 0 Å². The van der Waals surface area contributed by atoms with Gasteiger partial charge in [0.1, 0.15) is 11.5 Å². The number of β-amino-alcohol motifs (C(OH)–C–C–N with tert-alkyl or cyclic N) is 1. The maximum atomic E-state index is 11.8. The molecule has 0 radical (unpaired) electrons. The van der Waals surface area contributed by atoms with E-state index in [9.17, 15) is 9.90 Å². The van der Waals surface area contributed by atoms with Gasteiger partial charge in [0.15, 0.2) is 0 Å². The van der Waals surface area contributed by atoms with Crippen LogP contribution in [-0.4, -0.2) is 60.9 Å². The molecule has 0 bridgehead atoms. The van der Waals surface area contributed by atoms with E-state index in [2.05, 4.69) is 10.2 Å². The fraction of sp³-hybridized carbons (Fsp3) is 0.562. The lowest BCUT2D eigenvalue weighted by Gasteiger charge is -2.33. The van der Waals surface area contributed by atoms with Crippen LogP contribution in [0, 0.1) is 6.92 Å². The summed E-state index contributed by atoms with van der Waals surface area (Å²) in [7, 11) is 0. The van der Waals surface area contributed by atoms with E-state index in [4.69, 9.17) is 9.15 Å². The summed E-state index contributed by atoms with van der Waals surface area (Å²) in [5.74, 6) is 1.18. The van der Waals surface area contributed by atoms with E-state index < -0.39 is 5.60 Å². The fourth-order valence-corrected chi connectivity index (χ4v) is 2.33. The molecule has 1 atom stereocenters. The van der Waals surface area contributed by atoms with Crippen LogP contribution >= 0.6 is 0 Å². The highest BCUT2D eigenvalue weighted by molar-refractivity contribution is 5.91. The van der Waals surface area contributed by atoms with Gasteiger partial charge in [-0.15, -0.1) is 0 Å². The van der Waals surface area contributed by atoms with Gasteiger partial charge < -0.3 is 19.6 Å². The number of rotatable bonds is 6. The quantitative estimate of drug-likeness (QED) is 0.760. The number of amides is 1. The van der Waals surface area contributed by atoms with Crippen LogP contribution in [0.3, 0.4) is 0 Å². The number of aryl methyl sites for hydroxylation is 1. The largest absolute Gasteiger partial charge is 0.462 e. The molecule has 0 aromatic carbocycles. The molecule has 2 rings (SSSR count). The second-order valence-electron chi connectivity index (χ2n) is 5.89. The Morgan fingerprint density at radius 2 is 2.18 bits per heavy atom. The third kappa shape index (κ3) is 5.63. The highest BCUT2D eigenvalue weighted by Crippen LogP contribution is 2.09. The van der Waals surface area contributed by atoms with Crippen LogP contribution in [0.1, 0.15) is 18.4 Å². The molecule has 22 heavy (non-hydrogen) atoms. The molecular weight excluding hydrogens is 284 g/mol. The van der Waals surface area contributed by atoms with Gasteiger partial charge in [0.2, 0.25) is 5.91 Å². The van der Waals surface area contributed by atoms with E-state index in [1.807, 2.05) is 13.0 Å². The summed E-state index contributed by atoms with van der Waals surface area (Å²) in [5, 5.41) is 13.1. The minimum atomic E-state index is -0.970. The molecule has 6 nitrogen and oxygen atoms in total. The molecule has 1 saturated heterocycles. The molecule has 1 aromatic rings. The lowest BCUT2D eigenvalue weighted by molar-refractivity contribution is -0.117. The Hall–Kier alpha value is -1.63. The van der Waals surface area contributed by atoms with Crippen molar-refractivity contribution in [2.75, 3.05) is 39.4 Å². The summed E-state index contributed by atoms with van der Waals surface area (Å²) in [4.78, 5) is 13.9. The molecule has 0 spiro atoms. The van der Waals surface area contributed by atoms with E-state index in [1.54, 1.807) is 19.1 Å². The van der Waals surface area contributed by atoms with Crippen molar-refractivity contribution in [3.63, 3.8) is 0 Å². The van der Waals surface area contributed by atoms with Crippen molar-refractivity contribution in [3.05, 3.63) is 29.7 Å². The summed E-state index contributed by atoms with van der Waals surface area (Å²) >= 11 is 0. The lowest BCUT2D eigenvalue weighted by Crippen LogP contribution is -2.51. The van der Waals surface area contributed by atoms with E-state index in [1.165, 1.54) is 6.08 Å². The first kappa shape index (κ1) is 16.7. The van der Waals surface area contributed by atoms with E-state index in [0.717, 1.165) is 18.8 Å². The highest BCUT2D eigenvalue weighted by Gasteiger charge is 2.25. The zero-order valence-corrected chi connectivity index (χ0v) is 13.2. The van der Waals surface area contributed by atoms with Gasteiger partial charge in [-0.2, -0.15) is 0 Å². The third-order valence-corrected chi connectivity index (χ3v) is 3.47. The monoisotopic (exact) mass is 308 g/mol. The molecule has 1 fully saturated rings. The number of ether oxygens (including phenoxy) is 1. The summed E-state index contributed by atoms with van der Waals surface area (Å²) in [6.07, 6.45) is 3.02. The molecule has 1 aliphatic heterocycles. The molecule has 1 amide bonds. The Morgan fingerprint density at radius 3 is 2.82 bits per heavy atom. The Kier molecular flexibility index (Phi) is 5.76. The predicted octanol–water partition coefficient (Wildman–Crippen LogP) is 0.801. The SMILES string of the molecule is Cc1ccc(C=CC(=O)NCC(C)(O)CN2CCOCC2)o1. The first-order valence-corrected chi connectivity index (χ1v) is 7.49. The molecule has 2 heterocycles. The molecule has 0 saturated carbocycles. The van der Waals surface area contributed by atoms with Crippen LogP contribution in [0.5, 0.6) is 0 Å². The molecule has 0 aliphatic carbocycles. The number of hydrogen-bond acceptors (Lipinski definition) is 5. The van der Waals surface area contributed by atoms with Crippen molar-refractivity contribution in [2.24, 2.45) is 0 Å². The molecule has 1 unspecified atom stereocenters. The number of carbonyl (C=O) groups is 1. The predicted molar refractivity (Wildman–Crippen MR) is 83.4 cm³/mol. The van der Waals surface area contributed by atoms with Crippen molar-refractivity contribution in [1.29, 1.82) is 0 Å². The van der Waals surface area contributed by atoms with Crippen molar-refractivity contribution < 1.29 is 19.1 Å². The minimum Gasteiger partial charge on any atom is -0.462 e. The second-order valence-corrected chi connectivity index (χ2v) is 5.89. The molecule has 2 N–H and O–H groups in total. The Morgan fingerprint density at radius 1 is 1.45 bits per heavy atom. The van der Waals surface area contributed by atoms with Crippen LogP contribution in [0.4, 0.5) is 0 Å². The van der Waals surface area contributed by atoms with Gasteiger partial charge in [-0.1, -0.05) is 0 Å². The van der Waals surface area contributed by atoms with Crippen molar-refractivity contribution in [2.45, 2.75) is 19.4 Å². The number of nitrogens with zero attached hydrogens (tertiary/aromatic N) is 1. The van der Waals surface area contributed by atoms with Crippen molar-refractivity contribution in [1.82, 2.24) is 10.2 Å². The van der Waals surface area contributed by atoms with Crippen LogP contribution in [0.15, 0.2) is 22.6 Å². The number of carbonyl (C=O) groups excluding carboxylic acids is 1. The van der Waals surface area contributed by atoms with Gasteiger partial charge in [0.05, 0.1) is 18.8 Å². The maximum absolute atomic E-state index is 11.8. The summed E-state index contributed by atoms with van der Waals surface area (Å²) in [6, 6.07) is 3.64. The van der Waals surface area contributed by atoms with Gasteiger partial charge in [0.25, 0.3) is 0 Å². The zero-order chi connectivity index (χ0) is 16.0. The number of aliphatic hydroxyl groups is 1. The summed E-state index contributed by atoms with van der Waals surface area (Å²) in [5.41, 5.74) is -0.970. The highest BCUT2D eigenvalue weighted by atomic mass is 16.5. The van der Waals surface area contributed by atoms with E-state index in [-0.39, 0.29) is 12.5 Å². The molecule has 122 valence electrons. The average molecular weight is 308 g/mol. The topological polar surface area (TPSA) is 74.9 Å². The van der Waals surface area contributed by atoms with Crippen molar-refractivity contribution in [3.8, 4) is 0 Å². The fourth-order valence-electron chi connectivity index (χ4n) is 2.33. The lowest BCUT2D eigenvalue weighted by atomic mass is 10.1. The summed E-state index contributed by atoms with van der Waals surface area (Å²) in [6.45, 7) is 7.27. The third-order valence-electron chi connectivity index (χ3n) is 3.47. The Balaban J connectivity index is 1.75. The molecule has 1 aliphatic rings. The van der Waals surface area contributed by atoms with E-state index in [0.29, 0.717) is 25.5 Å². The van der Waals surface area contributed by atoms with Gasteiger partial charge in [-0.05, 0) is 32.1 Å². The minimum absolute atomic E-state index is 0.199. The Labute approximate surface area is 130 Å². The summed E-state index contributed by atoms with van der Waals surface area (Å²) < 4.78 is 10.6. The first-order valence-electron chi connectivity index (χ1n) is 7.49. The van der Waals surface area contributed by atoms with Gasteiger partial charge in [-0.25, -0.2) is 0 Å². The van der Waals surface area contributed by atoms with Gasteiger partial charge >= 0.3 is 0 Å². The number of morpholine rings is 1. The number of hydrogen-bond donors (Lipinski definition) is 2. The zero-order valence-electron chi connectivity index (χ0n) is 13.2.